The molecule has 0 spiro atoms. The molecule has 2 aromatic heterocycles. The Morgan fingerprint density at radius 3 is 3.00 bits per heavy atom. The molecule has 0 aliphatic carbocycles. The van der Waals surface area contributed by atoms with Crippen LogP contribution in [0.5, 0.6) is 5.75 Å². The smallest absolute Gasteiger partial charge is 0.121 e. The minimum atomic E-state index is 0.554. The molecule has 2 heterocycles. The Morgan fingerprint density at radius 2 is 2.30 bits per heavy atom. The monoisotopic (exact) mass is 307 g/mol. The third-order valence-electron chi connectivity index (χ3n) is 3.13. The first-order chi connectivity index (χ1) is 9.81. The molecule has 1 aromatic carbocycles. The SMILES string of the molecule is COc1ccc2c(c1)nc(CCCl)n2Cc1nccs1. The number of methoxy groups -OCH3 is 1. The second-order valence-corrected chi connectivity index (χ2v) is 5.69. The number of aryl methyl sites for hydroxylation is 1. The first-order valence-electron chi connectivity index (χ1n) is 6.29. The van der Waals surface area contributed by atoms with Gasteiger partial charge in [-0.2, -0.15) is 0 Å². The van der Waals surface area contributed by atoms with E-state index < -0.39 is 0 Å². The zero-order valence-corrected chi connectivity index (χ0v) is 12.6. The number of aromatic nitrogens is 3. The summed E-state index contributed by atoms with van der Waals surface area (Å²) < 4.78 is 7.43. The van der Waals surface area contributed by atoms with Crippen LogP contribution in [0.4, 0.5) is 0 Å². The molecule has 0 N–H and O–H groups in total. The number of thiazole rings is 1. The van der Waals surface area contributed by atoms with E-state index in [1.807, 2.05) is 29.8 Å². The highest BCUT2D eigenvalue weighted by molar-refractivity contribution is 7.09. The molecule has 6 heteroatoms. The maximum absolute atomic E-state index is 5.88. The van der Waals surface area contributed by atoms with Gasteiger partial charge in [0.15, 0.2) is 0 Å². The lowest BCUT2D eigenvalue weighted by Crippen LogP contribution is -2.05. The van der Waals surface area contributed by atoms with E-state index in [1.54, 1.807) is 18.4 Å². The van der Waals surface area contributed by atoms with E-state index in [0.717, 1.165) is 40.6 Å². The van der Waals surface area contributed by atoms with Gasteiger partial charge in [-0.1, -0.05) is 0 Å². The van der Waals surface area contributed by atoms with Gasteiger partial charge in [0.1, 0.15) is 16.6 Å². The van der Waals surface area contributed by atoms with Gasteiger partial charge < -0.3 is 9.30 Å². The largest absolute Gasteiger partial charge is 0.497 e. The molecule has 0 radical (unpaired) electrons. The van der Waals surface area contributed by atoms with E-state index in [2.05, 4.69) is 14.5 Å². The normalized spacial score (nSPS) is 11.1. The first kappa shape index (κ1) is 13.4. The average molecular weight is 308 g/mol. The molecule has 0 fully saturated rings. The van der Waals surface area contributed by atoms with E-state index >= 15 is 0 Å². The summed E-state index contributed by atoms with van der Waals surface area (Å²) in [7, 11) is 1.66. The summed E-state index contributed by atoms with van der Waals surface area (Å²) in [5.41, 5.74) is 2.02. The number of hydrogen-bond donors (Lipinski definition) is 0. The van der Waals surface area contributed by atoms with E-state index in [-0.39, 0.29) is 0 Å². The number of halogens is 1. The van der Waals surface area contributed by atoms with Crippen LogP contribution >= 0.6 is 22.9 Å². The Balaban J connectivity index is 2.08. The standard InChI is InChI=1S/C14H14ClN3OS/c1-19-10-2-3-12-11(8-10)17-13(4-5-15)18(12)9-14-16-6-7-20-14/h2-3,6-8H,4-5,9H2,1H3. The van der Waals surface area contributed by atoms with E-state index in [0.29, 0.717) is 5.88 Å². The van der Waals surface area contributed by atoms with Gasteiger partial charge in [-0.05, 0) is 12.1 Å². The van der Waals surface area contributed by atoms with Crippen molar-refractivity contribution in [1.82, 2.24) is 14.5 Å². The molecule has 0 aliphatic rings. The van der Waals surface area contributed by atoms with E-state index in [1.165, 1.54) is 0 Å². The van der Waals surface area contributed by atoms with E-state index in [4.69, 9.17) is 16.3 Å². The van der Waals surface area contributed by atoms with Crippen LogP contribution in [-0.4, -0.2) is 27.5 Å². The van der Waals surface area contributed by atoms with Crippen LogP contribution < -0.4 is 4.74 Å². The van der Waals surface area contributed by atoms with Gasteiger partial charge in [0.05, 0.1) is 24.7 Å². The number of benzene rings is 1. The van der Waals surface area contributed by atoms with Crippen LogP contribution in [-0.2, 0) is 13.0 Å². The van der Waals surface area contributed by atoms with Gasteiger partial charge >= 0.3 is 0 Å². The van der Waals surface area contributed by atoms with Crippen molar-refractivity contribution in [2.75, 3.05) is 13.0 Å². The van der Waals surface area contributed by atoms with Crippen molar-refractivity contribution in [2.45, 2.75) is 13.0 Å². The Bertz CT molecular complexity index is 709. The van der Waals surface area contributed by atoms with Crippen LogP contribution in [0.2, 0.25) is 0 Å². The lowest BCUT2D eigenvalue weighted by atomic mass is 10.3. The van der Waals surface area contributed by atoms with Crippen molar-refractivity contribution in [2.24, 2.45) is 0 Å². The molecule has 20 heavy (non-hydrogen) atoms. The summed E-state index contributed by atoms with van der Waals surface area (Å²) in [6.07, 6.45) is 2.56. The zero-order chi connectivity index (χ0) is 13.9. The van der Waals surface area contributed by atoms with Gasteiger partial charge in [0.25, 0.3) is 0 Å². The predicted octanol–water partition coefficient (Wildman–Crippen LogP) is 3.33. The summed E-state index contributed by atoms with van der Waals surface area (Å²) in [4.78, 5) is 9.01. The van der Waals surface area contributed by atoms with Gasteiger partial charge in [-0.3, -0.25) is 0 Å². The molecule has 4 nitrogen and oxygen atoms in total. The molecule has 0 unspecified atom stereocenters. The molecule has 0 saturated carbocycles. The van der Waals surface area contributed by atoms with Crippen LogP contribution in [0.15, 0.2) is 29.8 Å². The minimum Gasteiger partial charge on any atom is -0.497 e. The van der Waals surface area contributed by atoms with Gasteiger partial charge in [-0.15, -0.1) is 22.9 Å². The first-order valence-corrected chi connectivity index (χ1v) is 7.70. The van der Waals surface area contributed by atoms with Crippen LogP contribution in [0.3, 0.4) is 0 Å². The lowest BCUT2D eigenvalue weighted by Gasteiger charge is -2.06. The average Bonchev–Trinajstić information content (AvgIpc) is 3.08. The topological polar surface area (TPSA) is 39.9 Å². The molecule has 104 valence electrons. The molecule has 0 saturated heterocycles. The Morgan fingerprint density at radius 1 is 1.40 bits per heavy atom. The molecule has 0 bridgehead atoms. The Hall–Kier alpha value is -1.59. The summed E-state index contributed by atoms with van der Waals surface area (Å²) >= 11 is 7.53. The molecule has 3 aromatic rings. The number of nitrogens with zero attached hydrogens (tertiary/aromatic N) is 3. The third kappa shape index (κ3) is 2.51. The van der Waals surface area contributed by atoms with Crippen molar-refractivity contribution in [3.05, 3.63) is 40.6 Å². The Kier molecular flexibility index (Phi) is 3.89. The second kappa shape index (κ2) is 5.81. The fourth-order valence-electron chi connectivity index (χ4n) is 2.20. The fourth-order valence-corrected chi connectivity index (χ4v) is 2.98. The highest BCUT2D eigenvalue weighted by atomic mass is 35.5. The second-order valence-electron chi connectivity index (χ2n) is 4.33. The predicted molar refractivity (Wildman–Crippen MR) is 81.9 cm³/mol. The molecule has 0 aliphatic heterocycles. The van der Waals surface area contributed by atoms with Crippen molar-refractivity contribution in [3.8, 4) is 5.75 Å². The van der Waals surface area contributed by atoms with Crippen molar-refractivity contribution < 1.29 is 4.74 Å². The minimum absolute atomic E-state index is 0.554. The van der Waals surface area contributed by atoms with Crippen LogP contribution in [0.25, 0.3) is 11.0 Å². The van der Waals surface area contributed by atoms with Gasteiger partial charge in [-0.25, -0.2) is 9.97 Å². The van der Waals surface area contributed by atoms with Crippen molar-refractivity contribution in [3.63, 3.8) is 0 Å². The number of alkyl halides is 1. The summed E-state index contributed by atoms with van der Waals surface area (Å²) in [5, 5.41) is 3.05. The number of rotatable bonds is 5. The van der Waals surface area contributed by atoms with Gasteiger partial charge in [0, 0.05) is 29.9 Å². The zero-order valence-electron chi connectivity index (χ0n) is 11.0. The quantitative estimate of drug-likeness (QED) is 0.679. The number of fused-ring (bicyclic) bond motifs is 1. The van der Waals surface area contributed by atoms with E-state index in [9.17, 15) is 0 Å². The fraction of sp³-hybridized carbons (Fsp3) is 0.286. The number of ether oxygens (including phenoxy) is 1. The lowest BCUT2D eigenvalue weighted by molar-refractivity contribution is 0.415. The summed E-state index contributed by atoms with van der Waals surface area (Å²) in [6, 6.07) is 5.94. The maximum atomic E-state index is 5.88. The van der Waals surface area contributed by atoms with Crippen molar-refractivity contribution >= 4 is 34.0 Å². The number of imidazole rings is 1. The maximum Gasteiger partial charge on any atom is 0.121 e. The van der Waals surface area contributed by atoms with Crippen LogP contribution in [0.1, 0.15) is 10.8 Å². The molecule has 3 rings (SSSR count). The Labute approximate surface area is 126 Å². The highest BCUT2D eigenvalue weighted by Crippen LogP contribution is 2.23. The summed E-state index contributed by atoms with van der Waals surface area (Å²) in [6.45, 7) is 0.729. The molecule has 0 amide bonds. The van der Waals surface area contributed by atoms with Crippen LogP contribution in [0, 0.1) is 0 Å². The molecular weight excluding hydrogens is 294 g/mol. The summed E-state index contributed by atoms with van der Waals surface area (Å²) in [5.74, 6) is 2.35. The van der Waals surface area contributed by atoms with Crippen molar-refractivity contribution in [1.29, 1.82) is 0 Å². The third-order valence-corrected chi connectivity index (χ3v) is 4.08. The number of hydrogen-bond acceptors (Lipinski definition) is 4. The highest BCUT2D eigenvalue weighted by Gasteiger charge is 2.12. The van der Waals surface area contributed by atoms with Gasteiger partial charge in [0.2, 0.25) is 0 Å². The molecule has 0 atom stereocenters. The molecular formula is C14H14ClN3OS.